The summed E-state index contributed by atoms with van der Waals surface area (Å²) in [6.45, 7) is 1.81. The van der Waals surface area contributed by atoms with Crippen molar-refractivity contribution in [1.82, 2.24) is 14.8 Å². The van der Waals surface area contributed by atoms with Gasteiger partial charge in [0.2, 0.25) is 21.7 Å². The van der Waals surface area contributed by atoms with E-state index in [0.717, 1.165) is 17.8 Å². The van der Waals surface area contributed by atoms with Crippen molar-refractivity contribution < 1.29 is 45.5 Å². The van der Waals surface area contributed by atoms with Crippen molar-refractivity contribution in [3.05, 3.63) is 69.3 Å². The molecule has 1 aromatic carbocycles. The summed E-state index contributed by atoms with van der Waals surface area (Å²) in [4.78, 5) is 26.9. The predicted octanol–water partition coefficient (Wildman–Crippen LogP) is 3.00. The van der Waals surface area contributed by atoms with E-state index < -0.39 is 39.4 Å². The summed E-state index contributed by atoms with van der Waals surface area (Å²) in [6, 6.07) is 7.60. The van der Waals surface area contributed by atoms with Crippen LogP contribution in [0.5, 0.6) is 0 Å². The average molecular weight is 600 g/mol. The number of aromatic nitrogens is 1. The predicted molar refractivity (Wildman–Crippen MR) is 137 cm³/mol. The molecule has 2 N–H and O–H groups in total. The largest absolute Gasteiger partial charge is 0.480 e. The minimum Gasteiger partial charge on any atom is -0.480 e. The van der Waals surface area contributed by atoms with Gasteiger partial charge in [-0.15, -0.1) is 11.8 Å². The lowest BCUT2D eigenvalue weighted by molar-refractivity contribution is -0.155. The van der Waals surface area contributed by atoms with Gasteiger partial charge in [-0.05, 0) is 29.2 Å². The van der Waals surface area contributed by atoms with Crippen molar-refractivity contribution in [2.45, 2.75) is 30.5 Å². The Balaban J connectivity index is 1.33. The first-order chi connectivity index (χ1) is 18.9. The van der Waals surface area contributed by atoms with E-state index in [2.05, 4.69) is 14.4 Å². The Kier molecular flexibility index (Phi) is 7.58. The zero-order valence-corrected chi connectivity index (χ0v) is 22.4. The van der Waals surface area contributed by atoms with Gasteiger partial charge < -0.3 is 19.3 Å². The number of hydrogen-bond acceptors (Lipinski definition) is 8. The summed E-state index contributed by atoms with van der Waals surface area (Å²) < 4.78 is 76.7. The van der Waals surface area contributed by atoms with Crippen LogP contribution < -0.4 is 4.72 Å². The molecule has 1 saturated carbocycles. The second-order valence-electron chi connectivity index (χ2n) is 9.55. The van der Waals surface area contributed by atoms with E-state index in [1.165, 1.54) is 12.2 Å². The number of carboxylic acids is 1. The number of benzene rings is 1. The van der Waals surface area contributed by atoms with Gasteiger partial charge in [0.15, 0.2) is 0 Å². The lowest BCUT2D eigenvalue weighted by Crippen LogP contribution is -2.45. The van der Waals surface area contributed by atoms with Crippen LogP contribution in [0.15, 0.2) is 51.2 Å². The number of rotatable bonds is 8. The van der Waals surface area contributed by atoms with Crippen LogP contribution in [0.4, 0.5) is 13.2 Å². The number of morpholine rings is 1. The number of allylic oxidation sites excluding steroid dienone is 2. The number of nitrogens with zero attached hydrogens (tertiary/aromatic N) is 2. The topological polar surface area (TPSA) is 139 Å². The Morgan fingerprint density at radius 3 is 2.55 bits per heavy atom. The molecule has 214 valence electrons. The van der Waals surface area contributed by atoms with Crippen LogP contribution in [0.1, 0.15) is 34.9 Å². The van der Waals surface area contributed by atoms with Crippen molar-refractivity contribution in [1.29, 1.82) is 0 Å². The molecular formula is C25H24F3N3O7S2. The molecule has 1 amide bonds. The molecule has 3 heterocycles. The van der Waals surface area contributed by atoms with Crippen LogP contribution in [0.25, 0.3) is 5.57 Å². The molecule has 1 aromatic heterocycles. The number of carbonyl (C=O) groups excluding carboxylic acids is 1. The highest BCUT2D eigenvalue weighted by atomic mass is 32.3. The second kappa shape index (κ2) is 10.7. The molecular weight excluding hydrogens is 575 g/mol. The molecule has 0 spiro atoms. The van der Waals surface area contributed by atoms with Crippen LogP contribution in [0.2, 0.25) is 0 Å². The molecule has 10 nitrogen and oxygen atoms in total. The number of carboxylic acid groups (broad SMARTS) is 1. The van der Waals surface area contributed by atoms with Gasteiger partial charge in [-0.1, -0.05) is 35.5 Å². The Morgan fingerprint density at radius 1 is 1.20 bits per heavy atom. The summed E-state index contributed by atoms with van der Waals surface area (Å²) in [5.41, 5.74) is -0.368. The maximum atomic E-state index is 13.2. The van der Waals surface area contributed by atoms with Crippen LogP contribution in [-0.2, 0) is 36.9 Å². The summed E-state index contributed by atoms with van der Waals surface area (Å²) in [7, 11) is -4.31. The molecule has 0 radical (unpaired) electrons. The number of hydrogen-bond donors (Lipinski definition) is 2. The van der Waals surface area contributed by atoms with E-state index >= 15 is 0 Å². The van der Waals surface area contributed by atoms with Gasteiger partial charge in [-0.25, -0.2) is 8.42 Å². The van der Waals surface area contributed by atoms with Gasteiger partial charge in [0.05, 0.1) is 19.6 Å². The molecule has 2 fully saturated rings. The molecule has 5 rings (SSSR count). The molecule has 40 heavy (non-hydrogen) atoms. The number of thioether (sulfide) groups is 1. The monoisotopic (exact) mass is 599 g/mol. The maximum absolute atomic E-state index is 13.2. The number of amides is 1. The molecule has 2 aromatic rings. The van der Waals surface area contributed by atoms with Crippen LogP contribution in [-0.4, -0.2) is 73.1 Å². The van der Waals surface area contributed by atoms with E-state index in [4.69, 9.17) is 4.74 Å². The second-order valence-corrected chi connectivity index (χ2v) is 12.5. The first-order valence-corrected chi connectivity index (χ1v) is 14.7. The Bertz CT molecular complexity index is 1500. The van der Waals surface area contributed by atoms with E-state index in [1.54, 1.807) is 29.2 Å². The maximum Gasteiger partial charge on any atom is 0.452 e. The van der Waals surface area contributed by atoms with Crippen molar-refractivity contribution in [3.63, 3.8) is 0 Å². The van der Waals surface area contributed by atoms with Gasteiger partial charge in [-0.2, -0.15) is 17.9 Å². The number of ether oxygens (including phenoxy) is 1. The molecule has 0 bridgehead atoms. The number of carbonyl (C=O) groups is 2. The summed E-state index contributed by atoms with van der Waals surface area (Å²) in [5, 5.41) is 13.5. The van der Waals surface area contributed by atoms with Crippen molar-refractivity contribution in [2.24, 2.45) is 0 Å². The molecule has 2 aliphatic heterocycles. The molecule has 2 atom stereocenters. The average Bonchev–Trinajstić information content (AvgIpc) is 3.40. The van der Waals surface area contributed by atoms with Gasteiger partial charge >= 0.3 is 12.1 Å². The fourth-order valence-electron chi connectivity index (χ4n) is 4.74. The smallest absolute Gasteiger partial charge is 0.452 e. The molecule has 1 aliphatic carbocycles. The molecule has 2 unspecified atom stereocenters. The molecule has 1 saturated heterocycles. The van der Waals surface area contributed by atoms with Gasteiger partial charge in [0, 0.05) is 30.8 Å². The molecule has 3 aliphatic rings. The number of sulfonamides is 1. The highest BCUT2D eigenvalue weighted by molar-refractivity contribution is 8.18. The van der Waals surface area contributed by atoms with E-state index in [9.17, 15) is 36.3 Å². The van der Waals surface area contributed by atoms with Crippen LogP contribution in [0, 0.1) is 0 Å². The number of halogens is 3. The van der Waals surface area contributed by atoms with Crippen molar-refractivity contribution >= 4 is 39.2 Å². The summed E-state index contributed by atoms with van der Waals surface area (Å²) in [5.74, 6) is -3.47. The Morgan fingerprint density at radius 2 is 1.93 bits per heavy atom. The lowest BCUT2D eigenvalue weighted by Gasteiger charge is -2.27. The number of alkyl halides is 3. The molecule has 15 heteroatoms. The van der Waals surface area contributed by atoms with Crippen molar-refractivity contribution in [3.8, 4) is 0 Å². The quantitative estimate of drug-likeness (QED) is 0.469. The number of nitrogens with one attached hydrogen (secondary N) is 1. The first-order valence-electron chi connectivity index (χ1n) is 12.2. The summed E-state index contributed by atoms with van der Waals surface area (Å²) >= 11 is 0.821. The SMILES string of the molecule is O=C(Cc1ccccc1C1CC1(NS(=O)(=O)C1=CC=C(c2cc(C(F)(F)F)on2)CS1)C(=O)O)N1CCOCC1. The first kappa shape index (κ1) is 28.4. The third-order valence-corrected chi connectivity index (χ3v) is 10.2. The standard InChI is InChI=1S/C25H24F3N3O7S2/c26-25(27,28)20-12-19(29-38-20)16-5-6-22(39-14-16)40(35,36)30-24(23(33)34)13-18(24)17-4-2-1-3-15(17)11-21(32)31-7-9-37-10-8-31/h1-6,12,18,30H,7-11,13-14H2,(H,33,34). The van der Waals surface area contributed by atoms with Gasteiger partial charge in [-0.3, -0.25) is 9.59 Å². The van der Waals surface area contributed by atoms with Crippen molar-refractivity contribution in [2.75, 3.05) is 32.1 Å². The minimum absolute atomic E-state index is 0.0114. The summed E-state index contributed by atoms with van der Waals surface area (Å²) in [6.07, 6.45) is -2.17. The third-order valence-electron chi connectivity index (χ3n) is 6.97. The fraction of sp³-hybridized carbons (Fsp3) is 0.400. The Hall–Kier alpha value is -3.14. The normalized spacial score (nSPS) is 23.4. The van der Waals surface area contributed by atoms with Crippen LogP contribution in [0.3, 0.4) is 0 Å². The van der Waals surface area contributed by atoms with Gasteiger partial charge in [0.1, 0.15) is 15.5 Å². The zero-order valence-electron chi connectivity index (χ0n) is 20.8. The highest BCUT2D eigenvalue weighted by Crippen LogP contribution is 2.54. The minimum atomic E-state index is -4.71. The zero-order chi connectivity index (χ0) is 28.7. The van der Waals surface area contributed by atoms with Gasteiger partial charge in [0.25, 0.3) is 0 Å². The van der Waals surface area contributed by atoms with E-state index in [-0.39, 0.29) is 34.4 Å². The van der Waals surface area contributed by atoms with E-state index in [1.807, 2.05) is 0 Å². The number of aliphatic carboxylic acids is 1. The Labute approximate surface area is 231 Å². The lowest BCUT2D eigenvalue weighted by atomic mass is 9.97. The fourth-order valence-corrected chi connectivity index (χ4v) is 7.51. The van der Waals surface area contributed by atoms with Crippen LogP contribution >= 0.6 is 11.8 Å². The highest BCUT2D eigenvalue weighted by Gasteiger charge is 2.64. The van der Waals surface area contributed by atoms with E-state index in [0.29, 0.717) is 43.0 Å². The third kappa shape index (κ3) is 5.68.